The monoisotopic (exact) mass is 346 g/mol. The van der Waals surface area contributed by atoms with E-state index < -0.39 is 0 Å². The third kappa shape index (κ3) is 3.04. The predicted octanol–water partition coefficient (Wildman–Crippen LogP) is 4.33. The predicted molar refractivity (Wildman–Crippen MR) is 79.0 cm³/mol. The van der Waals surface area contributed by atoms with Crippen molar-refractivity contribution in [1.82, 2.24) is 9.97 Å². The first-order valence-electron chi connectivity index (χ1n) is 5.02. The first-order valence-corrected chi connectivity index (χ1v) is 6.57. The lowest BCUT2D eigenvalue weighted by Gasteiger charge is -2.10. The van der Waals surface area contributed by atoms with Crippen LogP contribution < -0.4 is 10.6 Å². The van der Waals surface area contributed by atoms with Crippen molar-refractivity contribution in [3.05, 3.63) is 38.9 Å². The van der Waals surface area contributed by atoms with Crippen LogP contribution in [-0.4, -0.2) is 17.0 Å². The van der Waals surface area contributed by atoms with Gasteiger partial charge in [0.1, 0.15) is 5.82 Å². The molecule has 0 atom stereocenters. The molecule has 2 rings (SSSR count). The van der Waals surface area contributed by atoms with Crippen molar-refractivity contribution in [2.75, 3.05) is 17.7 Å². The van der Waals surface area contributed by atoms with Gasteiger partial charge in [-0.05, 0) is 34.1 Å². The molecule has 1 aromatic heterocycles. The summed E-state index contributed by atoms with van der Waals surface area (Å²) in [5.74, 6) is 1.14. The van der Waals surface area contributed by atoms with E-state index >= 15 is 0 Å². The number of rotatable bonds is 3. The van der Waals surface area contributed by atoms with E-state index in [1.807, 2.05) is 0 Å². The number of hydrogen-bond acceptors (Lipinski definition) is 4. The molecule has 1 heterocycles. The van der Waals surface area contributed by atoms with Crippen LogP contribution in [0.3, 0.4) is 0 Å². The van der Waals surface area contributed by atoms with Crippen LogP contribution in [0.5, 0.6) is 0 Å². The van der Waals surface area contributed by atoms with E-state index in [-0.39, 0.29) is 0 Å². The number of nitrogens with zero attached hydrogens (tertiary/aromatic N) is 2. The minimum Gasteiger partial charge on any atom is -0.357 e. The van der Waals surface area contributed by atoms with Gasteiger partial charge in [-0.15, -0.1) is 0 Å². The third-order valence-corrected chi connectivity index (χ3v) is 3.28. The molecular formula is C11H9BrCl2N4. The number of aromatic nitrogens is 2. The molecule has 0 bridgehead atoms. The Bertz CT molecular complexity index is 577. The molecule has 0 saturated heterocycles. The molecular weight excluding hydrogens is 339 g/mol. The zero-order chi connectivity index (χ0) is 13.1. The van der Waals surface area contributed by atoms with E-state index in [1.54, 1.807) is 31.4 Å². The van der Waals surface area contributed by atoms with Gasteiger partial charge in [0.25, 0.3) is 0 Å². The summed E-state index contributed by atoms with van der Waals surface area (Å²) in [4.78, 5) is 8.35. The first-order chi connectivity index (χ1) is 8.60. The molecule has 0 aliphatic rings. The summed E-state index contributed by atoms with van der Waals surface area (Å²) in [6.45, 7) is 0. The van der Waals surface area contributed by atoms with Crippen molar-refractivity contribution < 1.29 is 0 Å². The van der Waals surface area contributed by atoms with Crippen LogP contribution >= 0.6 is 39.1 Å². The molecule has 2 N–H and O–H groups in total. The van der Waals surface area contributed by atoms with Crippen molar-refractivity contribution in [2.45, 2.75) is 0 Å². The lowest BCUT2D eigenvalue weighted by atomic mass is 10.3. The summed E-state index contributed by atoms with van der Waals surface area (Å²) in [5.41, 5.74) is 0.725. The Morgan fingerprint density at radius 1 is 1.28 bits per heavy atom. The number of benzene rings is 1. The average molecular weight is 348 g/mol. The molecule has 0 unspecified atom stereocenters. The molecule has 0 aliphatic heterocycles. The highest BCUT2D eigenvalue weighted by Crippen LogP contribution is 2.30. The summed E-state index contributed by atoms with van der Waals surface area (Å²) < 4.78 is 0.743. The van der Waals surface area contributed by atoms with Crippen molar-refractivity contribution in [3.63, 3.8) is 0 Å². The average Bonchev–Trinajstić information content (AvgIpc) is 2.35. The summed E-state index contributed by atoms with van der Waals surface area (Å²) in [6, 6.07) is 5.21. The quantitative estimate of drug-likeness (QED) is 0.867. The molecule has 0 saturated carbocycles. The van der Waals surface area contributed by atoms with Crippen LogP contribution in [0.2, 0.25) is 10.0 Å². The number of anilines is 3. The van der Waals surface area contributed by atoms with Gasteiger partial charge in [-0.25, -0.2) is 4.98 Å². The van der Waals surface area contributed by atoms with Crippen LogP contribution in [-0.2, 0) is 0 Å². The Kier molecular flexibility index (Phi) is 4.27. The van der Waals surface area contributed by atoms with E-state index in [1.165, 1.54) is 0 Å². The molecule has 1 aromatic carbocycles. The van der Waals surface area contributed by atoms with Crippen LogP contribution in [0, 0.1) is 0 Å². The van der Waals surface area contributed by atoms with Crippen LogP contribution in [0.15, 0.2) is 28.9 Å². The second-order valence-electron chi connectivity index (χ2n) is 3.39. The van der Waals surface area contributed by atoms with Gasteiger partial charge in [0.05, 0.1) is 15.2 Å². The maximum atomic E-state index is 6.08. The maximum Gasteiger partial charge on any atom is 0.224 e. The van der Waals surface area contributed by atoms with Gasteiger partial charge in [-0.1, -0.05) is 23.2 Å². The number of nitrogens with one attached hydrogen (secondary N) is 2. The number of halogens is 3. The van der Waals surface area contributed by atoms with Gasteiger partial charge >= 0.3 is 0 Å². The summed E-state index contributed by atoms with van der Waals surface area (Å²) >= 11 is 15.3. The Labute approximate surface area is 123 Å². The first kappa shape index (κ1) is 13.4. The Morgan fingerprint density at radius 3 is 2.72 bits per heavy atom. The highest BCUT2D eigenvalue weighted by Gasteiger charge is 2.07. The molecule has 94 valence electrons. The van der Waals surface area contributed by atoms with E-state index in [0.717, 1.165) is 10.2 Å². The van der Waals surface area contributed by atoms with Crippen LogP contribution in [0.4, 0.5) is 17.5 Å². The molecule has 0 aliphatic carbocycles. The minimum atomic E-state index is 0.519. The lowest BCUT2D eigenvalue weighted by molar-refractivity contribution is 1.14. The summed E-state index contributed by atoms with van der Waals surface area (Å²) in [6.07, 6.45) is 1.66. The van der Waals surface area contributed by atoms with E-state index in [9.17, 15) is 0 Å². The highest BCUT2D eigenvalue weighted by atomic mass is 79.9. The minimum absolute atomic E-state index is 0.519. The fourth-order valence-corrected chi connectivity index (χ4v) is 2.04. The molecule has 2 aromatic rings. The molecule has 7 heteroatoms. The topological polar surface area (TPSA) is 49.8 Å². The van der Waals surface area contributed by atoms with Gasteiger partial charge in [0.15, 0.2) is 0 Å². The third-order valence-electron chi connectivity index (χ3n) is 2.15. The maximum absolute atomic E-state index is 6.08. The van der Waals surface area contributed by atoms with Crippen molar-refractivity contribution in [1.29, 1.82) is 0 Å². The number of hydrogen-bond donors (Lipinski definition) is 2. The Balaban J connectivity index is 2.33. The van der Waals surface area contributed by atoms with Gasteiger partial charge in [-0.3, -0.25) is 0 Å². The van der Waals surface area contributed by atoms with Gasteiger partial charge in [0.2, 0.25) is 5.95 Å². The van der Waals surface area contributed by atoms with Crippen molar-refractivity contribution in [2.24, 2.45) is 0 Å². The fraction of sp³-hybridized carbons (Fsp3) is 0.0909. The van der Waals surface area contributed by atoms with Gasteiger partial charge in [-0.2, -0.15) is 4.98 Å². The fourth-order valence-electron chi connectivity index (χ4n) is 1.29. The molecule has 0 spiro atoms. The molecule has 4 nitrogen and oxygen atoms in total. The summed E-state index contributed by atoms with van der Waals surface area (Å²) in [7, 11) is 1.75. The van der Waals surface area contributed by atoms with Crippen molar-refractivity contribution in [3.8, 4) is 0 Å². The van der Waals surface area contributed by atoms with Crippen molar-refractivity contribution >= 4 is 56.6 Å². The second-order valence-corrected chi connectivity index (χ2v) is 5.09. The van der Waals surface area contributed by atoms with Crippen LogP contribution in [0.1, 0.15) is 0 Å². The SMILES string of the molecule is CNc1ncc(Br)c(Nc2ccc(Cl)cc2Cl)n1. The van der Waals surface area contributed by atoms with E-state index in [0.29, 0.717) is 21.8 Å². The Morgan fingerprint density at radius 2 is 2.06 bits per heavy atom. The van der Waals surface area contributed by atoms with Gasteiger partial charge in [0, 0.05) is 18.3 Å². The summed E-state index contributed by atoms with van der Waals surface area (Å²) in [5, 5.41) is 7.09. The molecule has 0 radical (unpaired) electrons. The second kappa shape index (κ2) is 5.73. The Hall–Kier alpha value is -1.04. The zero-order valence-corrected chi connectivity index (χ0v) is 12.4. The van der Waals surface area contributed by atoms with Gasteiger partial charge < -0.3 is 10.6 Å². The van der Waals surface area contributed by atoms with Crippen LogP contribution in [0.25, 0.3) is 0 Å². The van der Waals surface area contributed by atoms with E-state index in [4.69, 9.17) is 23.2 Å². The standard InChI is InChI=1S/C11H9BrCl2N4/c1-15-11-16-5-7(12)10(18-11)17-9-3-2-6(13)4-8(9)14/h2-5H,1H3,(H2,15,16,17,18). The zero-order valence-electron chi connectivity index (χ0n) is 9.34. The lowest BCUT2D eigenvalue weighted by Crippen LogP contribution is -2.01. The van der Waals surface area contributed by atoms with E-state index in [2.05, 4.69) is 36.5 Å². The molecule has 18 heavy (non-hydrogen) atoms. The molecule has 0 amide bonds. The molecule has 0 fully saturated rings. The largest absolute Gasteiger partial charge is 0.357 e. The normalized spacial score (nSPS) is 10.2. The smallest absolute Gasteiger partial charge is 0.224 e. The highest BCUT2D eigenvalue weighted by molar-refractivity contribution is 9.10.